The van der Waals surface area contributed by atoms with Gasteiger partial charge in [-0.25, -0.2) is 0 Å². The average Bonchev–Trinajstić information content (AvgIpc) is 2.31. The molecule has 3 nitrogen and oxygen atoms in total. The Morgan fingerprint density at radius 2 is 2.00 bits per heavy atom. The summed E-state index contributed by atoms with van der Waals surface area (Å²) in [4.78, 5) is 2.40. The van der Waals surface area contributed by atoms with Gasteiger partial charge in [-0.05, 0) is 57.5 Å². The zero-order valence-electron chi connectivity index (χ0n) is 13.5. The molecule has 3 heteroatoms. The van der Waals surface area contributed by atoms with E-state index in [2.05, 4.69) is 38.0 Å². The van der Waals surface area contributed by atoms with E-state index in [0.717, 1.165) is 43.8 Å². The molecule has 0 aliphatic heterocycles. The maximum atomic E-state index is 9.39. The molecule has 0 bridgehead atoms. The SMILES string of the molecule is CCNC1CC(C)CC(C)C1CN(C)CCC(C)O. The Morgan fingerprint density at radius 1 is 1.32 bits per heavy atom. The van der Waals surface area contributed by atoms with Crippen LogP contribution in [0.5, 0.6) is 0 Å². The Balaban J connectivity index is 2.51. The minimum atomic E-state index is -0.184. The third-order valence-corrected chi connectivity index (χ3v) is 4.60. The van der Waals surface area contributed by atoms with Crippen molar-refractivity contribution in [2.24, 2.45) is 17.8 Å². The fraction of sp³-hybridized carbons (Fsp3) is 1.00. The lowest BCUT2D eigenvalue weighted by Crippen LogP contribution is -2.48. The fourth-order valence-corrected chi connectivity index (χ4v) is 3.57. The Labute approximate surface area is 119 Å². The van der Waals surface area contributed by atoms with Crippen molar-refractivity contribution >= 4 is 0 Å². The van der Waals surface area contributed by atoms with Crippen LogP contribution in [0.4, 0.5) is 0 Å². The molecule has 5 unspecified atom stereocenters. The van der Waals surface area contributed by atoms with Gasteiger partial charge in [-0.1, -0.05) is 20.8 Å². The minimum Gasteiger partial charge on any atom is -0.393 e. The first-order chi connectivity index (χ1) is 8.93. The smallest absolute Gasteiger partial charge is 0.0524 e. The Hall–Kier alpha value is -0.120. The van der Waals surface area contributed by atoms with Crippen molar-refractivity contribution in [2.45, 2.75) is 59.1 Å². The lowest BCUT2D eigenvalue weighted by Gasteiger charge is -2.42. The molecule has 1 aliphatic carbocycles. The van der Waals surface area contributed by atoms with E-state index in [9.17, 15) is 5.11 Å². The highest BCUT2D eigenvalue weighted by molar-refractivity contribution is 4.88. The standard InChI is InChI=1S/C16H34N2O/c1-6-17-16-10-12(2)9-13(3)15(16)11-18(5)8-7-14(4)19/h12-17,19H,6-11H2,1-5H3. The summed E-state index contributed by atoms with van der Waals surface area (Å²) in [6, 6.07) is 0.665. The molecule has 0 aromatic rings. The zero-order chi connectivity index (χ0) is 14.4. The van der Waals surface area contributed by atoms with Crippen LogP contribution < -0.4 is 5.32 Å². The second-order valence-corrected chi connectivity index (χ2v) is 6.78. The van der Waals surface area contributed by atoms with E-state index < -0.39 is 0 Å². The van der Waals surface area contributed by atoms with Gasteiger partial charge in [0.2, 0.25) is 0 Å². The Morgan fingerprint density at radius 3 is 2.58 bits per heavy atom. The first-order valence-corrected chi connectivity index (χ1v) is 8.04. The molecule has 0 saturated heterocycles. The number of hydrogen-bond acceptors (Lipinski definition) is 3. The summed E-state index contributed by atoms with van der Waals surface area (Å²) in [6.07, 6.45) is 3.36. The third-order valence-electron chi connectivity index (χ3n) is 4.60. The minimum absolute atomic E-state index is 0.184. The average molecular weight is 270 g/mol. The first-order valence-electron chi connectivity index (χ1n) is 8.04. The maximum absolute atomic E-state index is 9.39. The van der Waals surface area contributed by atoms with Crippen LogP contribution in [-0.2, 0) is 0 Å². The van der Waals surface area contributed by atoms with E-state index in [1.54, 1.807) is 0 Å². The van der Waals surface area contributed by atoms with Crippen LogP contribution in [0.1, 0.15) is 47.0 Å². The number of nitrogens with zero attached hydrogens (tertiary/aromatic N) is 1. The summed E-state index contributed by atoms with van der Waals surface area (Å²) in [5.74, 6) is 2.38. The molecular weight excluding hydrogens is 236 g/mol. The molecule has 0 aromatic carbocycles. The van der Waals surface area contributed by atoms with Crippen LogP contribution in [0, 0.1) is 17.8 Å². The van der Waals surface area contributed by atoms with Gasteiger partial charge in [0.15, 0.2) is 0 Å². The molecule has 5 atom stereocenters. The highest BCUT2D eigenvalue weighted by Gasteiger charge is 2.33. The predicted octanol–water partition coefficient (Wildman–Crippen LogP) is 2.35. The van der Waals surface area contributed by atoms with Gasteiger partial charge < -0.3 is 15.3 Å². The number of nitrogens with one attached hydrogen (secondary N) is 1. The number of aliphatic hydroxyl groups is 1. The molecule has 1 saturated carbocycles. The third kappa shape index (κ3) is 5.80. The van der Waals surface area contributed by atoms with Gasteiger partial charge in [0.1, 0.15) is 0 Å². The molecule has 0 radical (unpaired) electrons. The number of rotatable bonds is 7. The number of hydrogen-bond donors (Lipinski definition) is 2. The Bertz CT molecular complexity index is 245. The van der Waals surface area contributed by atoms with Gasteiger partial charge in [0, 0.05) is 19.1 Å². The van der Waals surface area contributed by atoms with Gasteiger partial charge >= 0.3 is 0 Å². The summed E-state index contributed by atoms with van der Waals surface area (Å²) in [5.41, 5.74) is 0. The zero-order valence-corrected chi connectivity index (χ0v) is 13.5. The second-order valence-electron chi connectivity index (χ2n) is 6.78. The van der Waals surface area contributed by atoms with E-state index in [1.807, 2.05) is 6.92 Å². The summed E-state index contributed by atoms with van der Waals surface area (Å²) < 4.78 is 0. The van der Waals surface area contributed by atoms with E-state index in [-0.39, 0.29) is 6.10 Å². The van der Waals surface area contributed by atoms with Gasteiger partial charge in [-0.15, -0.1) is 0 Å². The van der Waals surface area contributed by atoms with Crippen molar-refractivity contribution in [3.63, 3.8) is 0 Å². The summed E-state index contributed by atoms with van der Waals surface area (Å²) in [6.45, 7) is 12.1. The molecule has 1 aliphatic rings. The van der Waals surface area contributed by atoms with Gasteiger partial charge in [-0.3, -0.25) is 0 Å². The second kappa shape index (κ2) is 8.23. The summed E-state index contributed by atoms with van der Waals surface area (Å²) in [5, 5.41) is 13.1. The summed E-state index contributed by atoms with van der Waals surface area (Å²) in [7, 11) is 2.19. The lowest BCUT2D eigenvalue weighted by atomic mass is 9.72. The van der Waals surface area contributed by atoms with Crippen LogP contribution in [0.25, 0.3) is 0 Å². The predicted molar refractivity (Wildman–Crippen MR) is 82.3 cm³/mol. The van der Waals surface area contributed by atoms with Crippen molar-refractivity contribution in [1.82, 2.24) is 10.2 Å². The quantitative estimate of drug-likeness (QED) is 0.745. The van der Waals surface area contributed by atoms with E-state index in [1.165, 1.54) is 12.8 Å². The van der Waals surface area contributed by atoms with Gasteiger partial charge in [0.05, 0.1) is 6.10 Å². The topological polar surface area (TPSA) is 35.5 Å². The van der Waals surface area contributed by atoms with Crippen LogP contribution >= 0.6 is 0 Å². The fourth-order valence-electron chi connectivity index (χ4n) is 3.57. The van der Waals surface area contributed by atoms with E-state index in [0.29, 0.717) is 6.04 Å². The number of aliphatic hydroxyl groups excluding tert-OH is 1. The first kappa shape index (κ1) is 16.9. The van der Waals surface area contributed by atoms with Crippen molar-refractivity contribution in [3.05, 3.63) is 0 Å². The highest BCUT2D eigenvalue weighted by atomic mass is 16.3. The van der Waals surface area contributed by atoms with Crippen molar-refractivity contribution in [1.29, 1.82) is 0 Å². The molecular formula is C16H34N2O. The van der Waals surface area contributed by atoms with Crippen LogP contribution in [0.3, 0.4) is 0 Å². The molecule has 2 N–H and O–H groups in total. The van der Waals surface area contributed by atoms with Crippen molar-refractivity contribution < 1.29 is 5.11 Å². The molecule has 1 rings (SSSR count). The Kier molecular flexibility index (Phi) is 7.33. The largest absolute Gasteiger partial charge is 0.393 e. The lowest BCUT2D eigenvalue weighted by molar-refractivity contribution is 0.102. The van der Waals surface area contributed by atoms with Gasteiger partial charge in [-0.2, -0.15) is 0 Å². The van der Waals surface area contributed by atoms with E-state index in [4.69, 9.17) is 0 Å². The summed E-state index contributed by atoms with van der Waals surface area (Å²) >= 11 is 0. The highest BCUT2D eigenvalue weighted by Crippen LogP contribution is 2.34. The van der Waals surface area contributed by atoms with Crippen LogP contribution in [0.2, 0.25) is 0 Å². The molecule has 19 heavy (non-hydrogen) atoms. The monoisotopic (exact) mass is 270 g/mol. The van der Waals surface area contributed by atoms with Crippen molar-refractivity contribution in [2.75, 3.05) is 26.7 Å². The van der Waals surface area contributed by atoms with Crippen molar-refractivity contribution in [3.8, 4) is 0 Å². The molecule has 0 aromatic heterocycles. The maximum Gasteiger partial charge on any atom is 0.0524 e. The molecule has 0 spiro atoms. The van der Waals surface area contributed by atoms with Crippen LogP contribution in [0.15, 0.2) is 0 Å². The van der Waals surface area contributed by atoms with E-state index >= 15 is 0 Å². The normalized spacial score (nSPS) is 33.6. The molecule has 0 amide bonds. The molecule has 1 fully saturated rings. The molecule has 114 valence electrons. The van der Waals surface area contributed by atoms with Gasteiger partial charge in [0.25, 0.3) is 0 Å². The van der Waals surface area contributed by atoms with Crippen LogP contribution in [-0.4, -0.2) is 48.8 Å². The molecule has 0 heterocycles.